The van der Waals surface area contributed by atoms with Crippen LogP contribution in [-0.2, 0) is 23.6 Å². The zero-order valence-electron chi connectivity index (χ0n) is 15.3. The Morgan fingerprint density at radius 2 is 1.85 bits per heavy atom. The number of nitrogens with zero attached hydrogens (tertiary/aromatic N) is 2. The predicted molar refractivity (Wildman–Crippen MR) is 96.3 cm³/mol. The SMILES string of the molecule is Cn1cc(NC(=O)OC(C)(C)C)cc1-c1c(NC=O)cn(C)c1C(=O)O. The first-order chi connectivity index (χ1) is 12.0. The monoisotopic (exact) mass is 362 g/mol. The molecule has 0 aliphatic rings. The lowest BCUT2D eigenvalue weighted by atomic mass is 10.1. The number of carboxylic acid groups (broad SMARTS) is 1. The normalized spacial score (nSPS) is 11.1. The first kappa shape index (κ1) is 19.1. The summed E-state index contributed by atoms with van der Waals surface area (Å²) in [5.74, 6) is -1.13. The van der Waals surface area contributed by atoms with Gasteiger partial charge in [-0.2, -0.15) is 0 Å². The van der Waals surface area contributed by atoms with E-state index in [2.05, 4.69) is 10.6 Å². The molecular weight excluding hydrogens is 340 g/mol. The highest BCUT2D eigenvalue weighted by Gasteiger charge is 2.24. The number of carbonyl (C=O) groups excluding carboxylic acids is 2. The van der Waals surface area contributed by atoms with E-state index in [4.69, 9.17) is 4.74 Å². The summed E-state index contributed by atoms with van der Waals surface area (Å²) in [6.45, 7) is 5.26. The van der Waals surface area contributed by atoms with Crippen molar-refractivity contribution in [3.8, 4) is 11.3 Å². The number of carbonyl (C=O) groups is 3. The van der Waals surface area contributed by atoms with Gasteiger partial charge in [-0.05, 0) is 26.8 Å². The summed E-state index contributed by atoms with van der Waals surface area (Å²) in [4.78, 5) is 34.5. The van der Waals surface area contributed by atoms with Crippen molar-refractivity contribution in [3.63, 3.8) is 0 Å². The Kier molecular flexibility index (Phi) is 5.10. The Morgan fingerprint density at radius 3 is 2.38 bits per heavy atom. The first-order valence-electron chi connectivity index (χ1n) is 7.83. The van der Waals surface area contributed by atoms with Gasteiger partial charge in [-0.25, -0.2) is 9.59 Å². The number of ether oxygens (including phenoxy) is 1. The number of aromatic nitrogens is 2. The lowest BCUT2D eigenvalue weighted by molar-refractivity contribution is -0.105. The van der Waals surface area contributed by atoms with Gasteiger partial charge in [-0.1, -0.05) is 0 Å². The van der Waals surface area contributed by atoms with Gasteiger partial charge in [-0.15, -0.1) is 0 Å². The number of carboxylic acids is 1. The van der Waals surface area contributed by atoms with Crippen LogP contribution < -0.4 is 10.6 Å². The summed E-state index contributed by atoms with van der Waals surface area (Å²) in [6, 6.07) is 1.61. The van der Waals surface area contributed by atoms with Crippen LogP contribution in [0.2, 0.25) is 0 Å². The molecule has 0 spiro atoms. The van der Waals surface area contributed by atoms with E-state index >= 15 is 0 Å². The van der Waals surface area contributed by atoms with Crippen molar-refractivity contribution in [3.05, 3.63) is 24.2 Å². The van der Waals surface area contributed by atoms with Crippen molar-refractivity contribution in [1.29, 1.82) is 0 Å². The molecule has 0 atom stereocenters. The van der Waals surface area contributed by atoms with Crippen LogP contribution in [0.5, 0.6) is 0 Å². The smallest absolute Gasteiger partial charge is 0.412 e. The van der Waals surface area contributed by atoms with Gasteiger partial charge in [0.05, 0.1) is 22.6 Å². The Morgan fingerprint density at radius 1 is 1.19 bits per heavy atom. The van der Waals surface area contributed by atoms with Crippen LogP contribution in [0.25, 0.3) is 11.3 Å². The molecule has 26 heavy (non-hydrogen) atoms. The van der Waals surface area contributed by atoms with Crippen LogP contribution in [-0.4, -0.2) is 38.3 Å². The minimum absolute atomic E-state index is 0.0133. The molecule has 3 N–H and O–H groups in total. The highest BCUT2D eigenvalue weighted by Crippen LogP contribution is 2.35. The minimum atomic E-state index is -1.13. The second kappa shape index (κ2) is 6.95. The van der Waals surface area contributed by atoms with Crippen molar-refractivity contribution in [2.24, 2.45) is 14.1 Å². The fourth-order valence-electron chi connectivity index (χ4n) is 2.62. The maximum atomic E-state index is 11.9. The van der Waals surface area contributed by atoms with Gasteiger partial charge in [-0.3, -0.25) is 10.1 Å². The van der Waals surface area contributed by atoms with Crippen LogP contribution >= 0.6 is 0 Å². The van der Waals surface area contributed by atoms with E-state index in [1.807, 2.05) is 0 Å². The van der Waals surface area contributed by atoms with Crippen LogP contribution in [0.1, 0.15) is 31.3 Å². The minimum Gasteiger partial charge on any atom is -0.477 e. The summed E-state index contributed by atoms with van der Waals surface area (Å²) in [5, 5.41) is 14.6. The Balaban J connectivity index is 2.44. The van der Waals surface area contributed by atoms with E-state index in [1.165, 1.54) is 10.8 Å². The van der Waals surface area contributed by atoms with Crippen LogP contribution in [0.4, 0.5) is 16.2 Å². The van der Waals surface area contributed by atoms with Gasteiger partial charge in [0.2, 0.25) is 6.41 Å². The van der Waals surface area contributed by atoms with Gasteiger partial charge >= 0.3 is 12.1 Å². The standard InChI is InChI=1S/C17H22N4O5/c1-17(2,3)26-16(25)19-10-6-12(20(4)7-10)13-11(18-9-22)8-21(5)14(13)15(23)24/h6-9H,1-5H3,(H,18,22)(H,19,25)(H,23,24). The van der Waals surface area contributed by atoms with E-state index < -0.39 is 17.7 Å². The number of amides is 2. The van der Waals surface area contributed by atoms with Crippen molar-refractivity contribution < 1.29 is 24.2 Å². The number of nitrogens with one attached hydrogen (secondary N) is 2. The lowest BCUT2D eigenvalue weighted by Crippen LogP contribution is -2.27. The number of hydrogen-bond donors (Lipinski definition) is 3. The number of anilines is 2. The molecule has 9 heteroatoms. The molecule has 9 nitrogen and oxygen atoms in total. The zero-order valence-corrected chi connectivity index (χ0v) is 15.3. The molecule has 140 valence electrons. The van der Waals surface area contributed by atoms with Crippen molar-refractivity contribution in [1.82, 2.24) is 9.13 Å². The third-order valence-corrected chi connectivity index (χ3v) is 3.50. The fraction of sp³-hybridized carbons (Fsp3) is 0.353. The third-order valence-electron chi connectivity index (χ3n) is 3.50. The van der Waals surface area contributed by atoms with Crippen molar-refractivity contribution in [2.45, 2.75) is 26.4 Å². The molecular formula is C17H22N4O5. The second-order valence-corrected chi connectivity index (χ2v) is 6.80. The molecule has 2 rings (SSSR count). The van der Waals surface area contributed by atoms with Gasteiger partial charge in [0.25, 0.3) is 0 Å². The van der Waals surface area contributed by atoms with E-state index in [0.29, 0.717) is 29.0 Å². The molecule has 2 aromatic heterocycles. The van der Waals surface area contributed by atoms with Gasteiger partial charge in [0.1, 0.15) is 11.3 Å². The highest BCUT2D eigenvalue weighted by molar-refractivity contribution is 6.01. The molecule has 2 amide bonds. The molecule has 0 bridgehead atoms. The molecule has 0 saturated carbocycles. The summed E-state index contributed by atoms with van der Waals surface area (Å²) in [7, 11) is 3.28. The summed E-state index contributed by atoms with van der Waals surface area (Å²) in [5.41, 5.74) is 1.02. The number of hydrogen-bond acceptors (Lipinski definition) is 4. The van der Waals surface area contributed by atoms with Crippen LogP contribution in [0, 0.1) is 0 Å². The molecule has 0 unspecified atom stereocenters. The Hall–Kier alpha value is -3.23. The largest absolute Gasteiger partial charge is 0.477 e. The maximum absolute atomic E-state index is 11.9. The van der Waals surface area contributed by atoms with Gasteiger partial charge in [0.15, 0.2) is 0 Å². The number of aromatic carboxylic acids is 1. The number of rotatable bonds is 5. The lowest BCUT2D eigenvalue weighted by Gasteiger charge is -2.19. The quantitative estimate of drug-likeness (QED) is 0.708. The van der Waals surface area contributed by atoms with E-state index in [9.17, 15) is 19.5 Å². The predicted octanol–water partition coefficient (Wildman–Crippen LogP) is 2.64. The molecule has 0 saturated heterocycles. The second-order valence-electron chi connectivity index (χ2n) is 6.80. The summed E-state index contributed by atoms with van der Waals surface area (Å²) in [6.07, 6.45) is 3.00. The summed E-state index contributed by atoms with van der Waals surface area (Å²) < 4.78 is 8.28. The molecule has 0 aliphatic carbocycles. The Bertz CT molecular complexity index is 857. The van der Waals surface area contributed by atoms with Crippen molar-refractivity contribution in [2.75, 3.05) is 10.6 Å². The van der Waals surface area contributed by atoms with Crippen LogP contribution in [0.3, 0.4) is 0 Å². The third kappa shape index (κ3) is 4.05. The van der Waals surface area contributed by atoms with Crippen molar-refractivity contribution >= 4 is 29.8 Å². The first-order valence-corrected chi connectivity index (χ1v) is 7.83. The molecule has 2 aromatic rings. The van der Waals surface area contributed by atoms with Gasteiger partial charge < -0.3 is 24.3 Å². The molecule has 0 aromatic carbocycles. The molecule has 0 fully saturated rings. The Labute approximate surface area is 150 Å². The average molecular weight is 362 g/mol. The highest BCUT2D eigenvalue weighted by atomic mass is 16.6. The molecule has 0 radical (unpaired) electrons. The maximum Gasteiger partial charge on any atom is 0.412 e. The van der Waals surface area contributed by atoms with Crippen LogP contribution in [0.15, 0.2) is 18.5 Å². The fourth-order valence-corrected chi connectivity index (χ4v) is 2.62. The topological polar surface area (TPSA) is 115 Å². The van der Waals surface area contributed by atoms with E-state index in [-0.39, 0.29) is 5.69 Å². The number of aryl methyl sites for hydroxylation is 2. The zero-order chi connectivity index (χ0) is 19.6. The molecule has 0 aliphatic heterocycles. The summed E-state index contributed by atoms with van der Waals surface area (Å²) >= 11 is 0. The average Bonchev–Trinajstić information content (AvgIpc) is 2.96. The van der Waals surface area contributed by atoms with E-state index in [0.717, 1.165) is 0 Å². The van der Waals surface area contributed by atoms with Gasteiger partial charge in [0, 0.05) is 26.5 Å². The van der Waals surface area contributed by atoms with E-state index in [1.54, 1.807) is 51.7 Å². The molecule has 2 heterocycles.